The van der Waals surface area contributed by atoms with Crippen molar-refractivity contribution in [3.8, 4) is 0 Å². The molecule has 0 aliphatic carbocycles. The van der Waals surface area contributed by atoms with Crippen LogP contribution >= 0.6 is 0 Å². The molecular formula is C22H19N5O2. The number of para-hydroxylation sites is 1. The molecule has 7 nitrogen and oxygen atoms in total. The number of benzene rings is 2. The minimum absolute atomic E-state index is 0.179. The molecule has 0 unspecified atom stereocenters. The summed E-state index contributed by atoms with van der Waals surface area (Å²) in [5, 5.41) is 11.4. The Kier molecular flexibility index (Phi) is 5.29. The zero-order valence-electron chi connectivity index (χ0n) is 15.6. The number of urea groups is 1. The number of carbonyl (C=O) groups is 1. The zero-order chi connectivity index (χ0) is 20.1. The fourth-order valence-electron chi connectivity index (χ4n) is 3.07. The van der Waals surface area contributed by atoms with Crippen molar-refractivity contribution in [1.29, 1.82) is 0 Å². The molecule has 0 radical (unpaired) electrons. The Morgan fingerprint density at radius 3 is 2.45 bits per heavy atom. The van der Waals surface area contributed by atoms with Crippen molar-refractivity contribution in [3.63, 3.8) is 0 Å². The first-order valence-corrected chi connectivity index (χ1v) is 9.18. The maximum absolute atomic E-state index is 12.8. The van der Waals surface area contributed by atoms with E-state index >= 15 is 0 Å². The van der Waals surface area contributed by atoms with Crippen LogP contribution < -0.4 is 16.2 Å². The standard InChI is InChI=1S/C22H19N5O2/c28-21-19-11-5-4-10-18(19)20(26-27(21)15-16-7-6-12-23-13-16)14-24-22(29)25-17-8-2-1-3-9-17/h1-13H,14-15H2,(H2,24,25,29). The highest BCUT2D eigenvalue weighted by molar-refractivity contribution is 5.89. The largest absolute Gasteiger partial charge is 0.332 e. The van der Waals surface area contributed by atoms with Gasteiger partial charge in [-0.2, -0.15) is 5.10 Å². The fourth-order valence-corrected chi connectivity index (χ4v) is 3.07. The molecule has 2 amide bonds. The molecule has 0 aliphatic heterocycles. The Morgan fingerprint density at radius 2 is 1.69 bits per heavy atom. The minimum Gasteiger partial charge on any atom is -0.332 e. The molecule has 0 saturated carbocycles. The lowest BCUT2D eigenvalue weighted by atomic mass is 10.1. The summed E-state index contributed by atoms with van der Waals surface area (Å²) < 4.78 is 1.41. The molecule has 144 valence electrons. The molecule has 2 aromatic carbocycles. The average molecular weight is 385 g/mol. The van der Waals surface area contributed by atoms with E-state index in [-0.39, 0.29) is 18.1 Å². The second kappa shape index (κ2) is 8.35. The van der Waals surface area contributed by atoms with Crippen LogP contribution in [0.5, 0.6) is 0 Å². The molecule has 4 rings (SSSR count). The lowest BCUT2D eigenvalue weighted by Crippen LogP contribution is -2.31. The highest BCUT2D eigenvalue weighted by Gasteiger charge is 2.12. The van der Waals surface area contributed by atoms with Gasteiger partial charge in [0.2, 0.25) is 0 Å². The number of anilines is 1. The summed E-state index contributed by atoms with van der Waals surface area (Å²) in [6, 6.07) is 19.8. The van der Waals surface area contributed by atoms with Gasteiger partial charge in [0.25, 0.3) is 5.56 Å². The van der Waals surface area contributed by atoms with E-state index in [2.05, 4.69) is 20.7 Å². The third-order valence-corrected chi connectivity index (χ3v) is 4.45. The van der Waals surface area contributed by atoms with Gasteiger partial charge in [0.15, 0.2) is 0 Å². The molecule has 2 N–H and O–H groups in total. The first-order valence-electron chi connectivity index (χ1n) is 9.18. The minimum atomic E-state index is -0.341. The van der Waals surface area contributed by atoms with Crippen LogP contribution in [-0.2, 0) is 13.1 Å². The lowest BCUT2D eigenvalue weighted by Gasteiger charge is -2.12. The number of amides is 2. The van der Waals surface area contributed by atoms with Crippen LogP contribution in [0.1, 0.15) is 11.3 Å². The summed E-state index contributed by atoms with van der Waals surface area (Å²) in [5.41, 5.74) is 2.01. The number of nitrogens with zero attached hydrogens (tertiary/aromatic N) is 3. The van der Waals surface area contributed by atoms with E-state index in [4.69, 9.17) is 0 Å². The molecule has 2 heterocycles. The van der Waals surface area contributed by atoms with E-state index in [9.17, 15) is 9.59 Å². The van der Waals surface area contributed by atoms with Gasteiger partial charge in [-0.1, -0.05) is 42.5 Å². The molecule has 7 heteroatoms. The number of fused-ring (bicyclic) bond motifs is 1. The molecule has 0 atom stereocenters. The Labute approximate surface area is 167 Å². The predicted molar refractivity (Wildman–Crippen MR) is 112 cm³/mol. The highest BCUT2D eigenvalue weighted by atomic mass is 16.2. The first kappa shape index (κ1) is 18.4. The van der Waals surface area contributed by atoms with Gasteiger partial charge in [-0.25, -0.2) is 9.48 Å². The van der Waals surface area contributed by atoms with Crippen molar-refractivity contribution >= 4 is 22.5 Å². The van der Waals surface area contributed by atoms with Crippen molar-refractivity contribution in [1.82, 2.24) is 20.1 Å². The molecule has 4 aromatic rings. The van der Waals surface area contributed by atoms with Crippen LogP contribution in [0.2, 0.25) is 0 Å². The summed E-state index contributed by atoms with van der Waals surface area (Å²) in [7, 11) is 0. The number of rotatable bonds is 5. The Bertz CT molecular complexity index is 1190. The normalized spacial score (nSPS) is 10.6. The number of hydrogen-bond acceptors (Lipinski definition) is 4. The number of pyridine rings is 1. The number of carbonyl (C=O) groups excluding carboxylic acids is 1. The van der Waals surface area contributed by atoms with E-state index < -0.39 is 0 Å². The molecule has 0 bridgehead atoms. The molecule has 0 aliphatic rings. The van der Waals surface area contributed by atoms with Crippen LogP contribution in [0.15, 0.2) is 83.9 Å². The Balaban J connectivity index is 1.60. The predicted octanol–water partition coefficient (Wildman–Crippen LogP) is 3.16. The first-order chi connectivity index (χ1) is 14.2. The molecule has 2 aromatic heterocycles. The van der Waals surface area contributed by atoms with E-state index in [1.54, 1.807) is 30.6 Å². The average Bonchev–Trinajstić information content (AvgIpc) is 2.76. The third-order valence-electron chi connectivity index (χ3n) is 4.45. The van der Waals surface area contributed by atoms with Crippen LogP contribution in [0.25, 0.3) is 10.8 Å². The van der Waals surface area contributed by atoms with Crippen molar-refractivity contribution < 1.29 is 4.79 Å². The van der Waals surface area contributed by atoms with Gasteiger partial charge in [-0.3, -0.25) is 9.78 Å². The van der Waals surface area contributed by atoms with E-state index in [0.717, 1.165) is 10.9 Å². The molecule has 0 saturated heterocycles. The van der Waals surface area contributed by atoms with E-state index in [0.29, 0.717) is 23.3 Å². The van der Waals surface area contributed by atoms with Gasteiger partial charge in [-0.05, 0) is 29.8 Å². The van der Waals surface area contributed by atoms with Gasteiger partial charge in [-0.15, -0.1) is 0 Å². The van der Waals surface area contributed by atoms with Crippen molar-refractivity contribution in [3.05, 3.63) is 101 Å². The number of aromatic nitrogens is 3. The van der Waals surface area contributed by atoms with Crippen molar-refractivity contribution in [2.45, 2.75) is 13.1 Å². The molecule has 29 heavy (non-hydrogen) atoms. The van der Waals surface area contributed by atoms with E-state index in [1.165, 1.54) is 4.68 Å². The molecule has 0 fully saturated rings. The van der Waals surface area contributed by atoms with Gasteiger partial charge >= 0.3 is 6.03 Å². The maximum atomic E-state index is 12.8. The van der Waals surface area contributed by atoms with Crippen molar-refractivity contribution in [2.75, 3.05) is 5.32 Å². The fraction of sp³-hybridized carbons (Fsp3) is 0.0909. The second-order valence-corrected chi connectivity index (χ2v) is 6.49. The van der Waals surface area contributed by atoms with Crippen LogP contribution in [-0.4, -0.2) is 20.8 Å². The molecular weight excluding hydrogens is 366 g/mol. The lowest BCUT2D eigenvalue weighted by molar-refractivity contribution is 0.251. The van der Waals surface area contributed by atoms with E-state index in [1.807, 2.05) is 48.5 Å². The number of nitrogens with one attached hydrogen (secondary N) is 2. The monoisotopic (exact) mass is 385 g/mol. The highest BCUT2D eigenvalue weighted by Crippen LogP contribution is 2.14. The quantitative estimate of drug-likeness (QED) is 0.552. The zero-order valence-corrected chi connectivity index (χ0v) is 15.6. The summed E-state index contributed by atoms with van der Waals surface area (Å²) >= 11 is 0. The van der Waals surface area contributed by atoms with Gasteiger partial charge in [0.1, 0.15) is 0 Å². The van der Waals surface area contributed by atoms with Gasteiger partial charge < -0.3 is 10.6 Å². The SMILES string of the molecule is O=C(NCc1nn(Cc2cccnc2)c(=O)c2ccccc12)Nc1ccccc1. The number of hydrogen-bond donors (Lipinski definition) is 2. The topological polar surface area (TPSA) is 88.9 Å². The van der Waals surface area contributed by atoms with Gasteiger partial charge in [0, 0.05) is 23.5 Å². The van der Waals surface area contributed by atoms with Crippen LogP contribution in [0.3, 0.4) is 0 Å². The third kappa shape index (κ3) is 4.30. The second-order valence-electron chi connectivity index (χ2n) is 6.49. The smallest absolute Gasteiger partial charge is 0.319 e. The Morgan fingerprint density at radius 1 is 0.931 bits per heavy atom. The summed E-state index contributed by atoms with van der Waals surface area (Å²) in [6.07, 6.45) is 3.38. The van der Waals surface area contributed by atoms with Crippen molar-refractivity contribution in [2.24, 2.45) is 0 Å². The summed E-state index contributed by atoms with van der Waals surface area (Å²) in [5.74, 6) is 0. The Hall–Kier alpha value is -4.00. The summed E-state index contributed by atoms with van der Waals surface area (Å²) in [6.45, 7) is 0.493. The maximum Gasteiger partial charge on any atom is 0.319 e. The van der Waals surface area contributed by atoms with Crippen LogP contribution in [0, 0.1) is 0 Å². The molecule has 0 spiro atoms. The summed E-state index contributed by atoms with van der Waals surface area (Å²) in [4.78, 5) is 29.2. The van der Waals surface area contributed by atoms with Gasteiger partial charge in [0.05, 0.1) is 24.2 Å². The van der Waals surface area contributed by atoms with Crippen LogP contribution in [0.4, 0.5) is 10.5 Å².